The quantitative estimate of drug-likeness (QED) is 0.798. The first-order chi connectivity index (χ1) is 10.7. The van der Waals surface area contributed by atoms with E-state index < -0.39 is 0 Å². The number of aliphatic hydroxyl groups excluding tert-OH is 1. The van der Waals surface area contributed by atoms with Crippen LogP contribution in [0.15, 0.2) is 29.4 Å². The summed E-state index contributed by atoms with van der Waals surface area (Å²) in [5, 5.41) is 21.2. The monoisotopic (exact) mass is 318 g/mol. The highest BCUT2D eigenvalue weighted by molar-refractivity contribution is 7.99. The van der Waals surface area contributed by atoms with Crippen molar-refractivity contribution in [2.45, 2.75) is 30.8 Å². The molecule has 6 nitrogen and oxygen atoms in total. The highest BCUT2D eigenvalue weighted by Crippen LogP contribution is 2.41. The summed E-state index contributed by atoms with van der Waals surface area (Å²) in [6, 6.07) is 7.65. The number of carbonyl (C=O) groups is 1. The summed E-state index contributed by atoms with van der Waals surface area (Å²) in [5.41, 5.74) is 1.68. The Hall–Kier alpha value is -1.86. The fourth-order valence-corrected chi connectivity index (χ4v) is 2.99. The molecule has 1 heterocycles. The van der Waals surface area contributed by atoms with Gasteiger partial charge in [-0.05, 0) is 31.0 Å². The number of carbonyl (C=O) groups excluding carboxylic acids is 1. The van der Waals surface area contributed by atoms with Gasteiger partial charge in [0.25, 0.3) is 0 Å². The van der Waals surface area contributed by atoms with Crippen molar-refractivity contribution < 1.29 is 9.90 Å². The third-order valence-corrected chi connectivity index (χ3v) is 4.26. The van der Waals surface area contributed by atoms with E-state index in [1.165, 1.54) is 18.7 Å². The van der Waals surface area contributed by atoms with Gasteiger partial charge in [0.15, 0.2) is 5.16 Å². The molecule has 0 radical (unpaired) electrons. The van der Waals surface area contributed by atoms with Crippen LogP contribution in [-0.4, -0.2) is 38.1 Å². The van der Waals surface area contributed by atoms with Crippen molar-refractivity contribution in [3.63, 3.8) is 0 Å². The zero-order valence-corrected chi connectivity index (χ0v) is 13.1. The summed E-state index contributed by atoms with van der Waals surface area (Å²) >= 11 is 1.48. The molecule has 0 aliphatic heterocycles. The van der Waals surface area contributed by atoms with Crippen molar-refractivity contribution in [3.8, 4) is 5.69 Å². The van der Waals surface area contributed by atoms with Crippen LogP contribution in [0.3, 0.4) is 0 Å². The van der Waals surface area contributed by atoms with Gasteiger partial charge in [-0.3, -0.25) is 9.36 Å². The molecule has 1 saturated carbocycles. The first kappa shape index (κ1) is 15.1. The molecule has 1 aromatic carbocycles. The van der Waals surface area contributed by atoms with Gasteiger partial charge in [-0.25, -0.2) is 0 Å². The fourth-order valence-electron chi connectivity index (χ4n) is 2.29. The molecule has 3 rings (SSSR count). The number of benzene rings is 1. The number of rotatable bonds is 6. The Morgan fingerprint density at radius 3 is 2.95 bits per heavy atom. The summed E-state index contributed by atoms with van der Waals surface area (Å²) in [5.74, 6) is 1.90. The van der Waals surface area contributed by atoms with E-state index in [0.717, 1.165) is 35.2 Å². The van der Waals surface area contributed by atoms with E-state index in [9.17, 15) is 4.79 Å². The summed E-state index contributed by atoms with van der Waals surface area (Å²) in [4.78, 5) is 11.2. The number of hydrogen-bond acceptors (Lipinski definition) is 5. The predicted octanol–water partition coefficient (Wildman–Crippen LogP) is 2.19. The van der Waals surface area contributed by atoms with E-state index in [2.05, 4.69) is 15.5 Å². The molecule has 0 unspecified atom stereocenters. The number of thioether (sulfide) groups is 1. The van der Waals surface area contributed by atoms with Crippen LogP contribution < -0.4 is 5.32 Å². The van der Waals surface area contributed by atoms with Gasteiger partial charge in [0.05, 0.1) is 12.3 Å². The largest absolute Gasteiger partial charge is 0.396 e. The highest BCUT2D eigenvalue weighted by Gasteiger charge is 2.31. The molecule has 0 saturated heterocycles. The topological polar surface area (TPSA) is 80.0 Å². The van der Waals surface area contributed by atoms with Gasteiger partial charge in [0.2, 0.25) is 5.91 Å². The number of anilines is 1. The maximum atomic E-state index is 11.2. The van der Waals surface area contributed by atoms with E-state index in [1.807, 2.05) is 28.8 Å². The van der Waals surface area contributed by atoms with Crippen molar-refractivity contribution in [3.05, 3.63) is 30.1 Å². The van der Waals surface area contributed by atoms with Crippen LogP contribution in [0.5, 0.6) is 0 Å². The Bertz CT molecular complexity index is 682. The average Bonchev–Trinajstić information content (AvgIpc) is 3.25. The Morgan fingerprint density at radius 2 is 2.27 bits per heavy atom. The standard InChI is InChI=1S/C15H18N4O2S/c1-10(21)16-12-3-2-4-13(9-12)19-14(11-5-6-11)17-18-15(19)22-8-7-20/h2-4,9,11,20H,5-8H2,1H3,(H,16,21). The maximum absolute atomic E-state index is 11.2. The van der Waals surface area contributed by atoms with Crippen LogP contribution in [0.4, 0.5) is 5.69 Å². The van der Waals surface area contributed by atoms with Crippen molar-refractivity contribution >= 4 is 23.4 Å². The fraction of sp³-hybridized carbons (Fsp3) is 0.400. The SMILES string of the molecule is CC(=O)Nc1cccc(-n2c(SCCO)nnc2C2CC2)c1. The van der Waals surface area contributed by atoms with Crippen molar-refractivity contribution in [2.75, 3.05) is 17.7 Å². The minimum atomic E-state index is -0.0989. The van der Waals surface area contributed by atoms with Crippen molar-refractivity contribution in [1.82, 2.24) is 14.8 Å². The lowest BCUT2D eigenvalue weighted by atomic mass is 10.2. The molecule has 1 aliphatic rings. The van der Waals surface area contributed by atoms with Gasteiger partial charge in [0, 0.05) is 24.3 Å². The van der Waals surface area contributed by atoms with Gasteiger partial charge in [0.1, 0.15) is 5.82 Å². The third kappa shape index (κ3) is 3.31. The van der Waals surface area contributed by atoms with Crippen molar-refractivity contribution in [2.24, 2.45) is 0 Å². The molecular weight excluding hydrogens is 300 g/mol. The first-order valence-electron chi connectivity index (χ1n) is 7.26. The number of amides is 1. The zero-order valence-electron chi connectivity index (χ0n) is 12.3. The molecule has 1 aliphatic carbocycles. The predicted molar refractivity (Wildman–Crippen MR) is 85.4 cm³/mol. The molecule has 1 fully saturated rings. The van der Waals surface area contributed by atoms with Gasteiger partial charge in [-0.15, -0.1) is 10.2 Å². The highest BCUT2D eigenvalue weighted by atomic mass is 32.2. The molecule has 2 aromatic rings. The van der Waals surface area contributed by atoms with Crippen LogP contribution in [0.2, 0.25) is 0 Å². The van der Waals surface area contributed by atoms with Crippen LogP contribution in [0, 0.1) is 0 Å². The van der Waals surface area contributed by atoms with Crippen molar-refractivity contribution in [1.29, 1.82) is 0 Å². The van der Waals surface area contributed by atoms with Gasteiger partial charge in [-0.1, -0.05) is 17.8 Å². The van der Waals surface area contributed by atoms with Gasteiger partial charge >= 0.3 is 0 Å². The third-order valence-electron chi connectivity index (χ3n) is 3.35. The molecule has 0 atom stereocenters. The van der Waals surface area contributed by atoms with E-state index in [4.69, 9.17) is 5.11 Å². The Kier molecular flexibility index (Phi) is 4.44. The second kappa shape index (κ2) is 6.50. The summed E-state index contributed by atoms with van der Waals surface area (Å²) in [6.45, 7) is 1.59. The van der Waals surface area contributed by atoms with E-state index in [1.54, 1.807) is 0 Å². The number of hydrogen-bond donors (Lipinski definition) is 2. The molecule has 116 valence electrons. The molecule has 1 amide bonds. The van der Waals surface area contributed by atoms with Crippen LogP contribution in [0.1, 0.15) is 31.5 Å². The van der Waals surface area contributed by atoms with E-state index in [0.29, 0.717) is 11.7 Å². The molecule has 0 bridgehead atoms. The van der Waals surface area contributed by atoms with E-state index >= 15 is 0 Å². The van der Waals surface area contributed by atoms with E-state index in [-0.39, 0.29) is 12.5 Å². The molecular formula is C15H18N4O2S. The van der Waals surface area contributed by atoms with Crippen LogP contribution in [0.25, 0.3) is 5.69 Å². The van der Waals surface area contributed by atoms with Crippen LogP contribution >= 0.6 is 11.8 Å². The number of aromatic nitrogens is 3. The second-order valence-electron chi connectivity index (χ2n) is 5.25. The Balaban J connectivity index is 1.98. The molecule has 22 heavy (non-hydrogen) atoms. The lowest BCUT2D eigenvalue weighted by Gasteiger charge is -2.11. The zero-order chi connectivity index (χ0) is 15.5. The smallest absolute Gasteiger partial charge is 0.221 e. The summed E-state index contributed by atoms with van der Waals surface area (Å²) in [6.07, 6.45) is 2.27. The van der Waals surface area contributed by atoms with Gasteiger partial charge in [-0.2, -0.15) is 0 Å². The second-order valence-corrected chi connectivity index (χ2v) is 6.32. The molecule has 0 spiro atoms. The lowest BCUT2D eigenvalue weighted by Crippen LogP contribution is -2.07. The summed E-state index contributed by atoms with van der Waals surface area (Å²) < 4.78 is 2.03. The van der Waals surface area contributed by atoms with Crippen LogP contribution in [-0.2, 0) is 4.79 Å². The minimum absolute atomic E-state index is 0.0989. The van der Waals surface area contributed by atoms with Gasteiger partial charge < -0.3 is 10.4 Å². The minimum Gasteiger partial charge on any atom is -0.396 e. The number of nitrogens with one attached hydrogen (secondary N) is 1. The first-order valence-corrected chi connectivity index (χ1v) is 8.24. The summed E-state index contributed by atoms with van der Waals surface area (Å²) in [7, 11) is 0. The number of aliphatic hydroxyl groups is 1. The molecule has 7 heteroatoms. The lowest BCUT2D eigenvalue weighted by molar-refractivity contribution is -0.114. The average molecular weight is 318 g/mol. The normalized spacial score (nSPS) is 14.1. The molecule has 2 N–H and O–H groups in total. The maximum Gasteiger partial charge on any atom is 0.221 e. The Labute approximate surface area is 132 Å². The Morgan fingerprint density at radius 1 is 1.45 bits per heavy atom. The number of nitrogens with zero attached hydrogens (tertiary/aromatic N) is 3. The molecule has 1 aromatic heterocycles.